The number of hydrogen-bond donors (Lipinski definition) is 1. The van der Waals surface area contributed by atoms with Gasteiger partial charge in [-0.1, -0.05) is 6.92 Å². The van der Waals surface area contributed by atoms with Crippen molar-refractivity contribution in [3.8, 4) is 0 Å². The molecule has 0 atom stereocenters. The fourth-order valence-corrected chi connectivity index (χ4v) is 2.35. The summed E-state index contributed by atoms with van der Waals surface area (Å²) in [5, 5.41) is 2.90. The van der Waals surface area contributed by atoms with Crippen molar-refractivity contribution in [3.05, 3.63) is 24.3 Å². The van der Waals surface area contributed by atoms with E-state index in [1.165, 1.54) is 18.7 Å². The van der Waals surface area contributed by atoms with E-state index in [2.05, 4.69) is 32.0 Å². The summed E-state index contributed by atoms with van der Waals surface area (Å²) < 4.78 is 0. The van der Waals surface area contributed by atoms with Crippen LogP contribution in [0.25, 0.3) is 0 Å². The molecule has 1 aromatic heterocycles. The van der Waals surface area contributed by atoms with E-state index in [-0.39, 0.29) is 5.91 Å². The molecule has 110 valence electrons. The molecule has 2 heterocycles. The van der Waals surface area contributed by atoms with E-state index >= 15 is 0 Å². The molecule has 2 rings (SSSR count). The summed E-state index contributed by atoms with van der Waals surface area (Å²) in [4.78, 5) is 24.4. The molecule has 0 aliphatic carbocycles. The van der Waals surface area contributed by atoms with Gasteiger partial charge >= 0.3 is 0 Å². The second-order valence-corrected chi connectivity index (χ2v) is 5.01. The lowest BCUT2D eigenvalue weighted by atomic mass is 10.2. The minimum absolute atomic E-state index is 0.0959. The molecule has 6 nitrogen and oxygen atoms in total. The van der Waals surface area contributed by atoms with Gasteiger partial charge in [-0.15, -0.1) is 0 Å². The molecule has 20 heavy (non-hydrogen) atoms. The van der Waals surface area contributed by atoms with Crippen LogP contribution in [-0.4, -0.2) is 71.5 Å². The number of nitrogens with zero attached hydrogens (tertiary/aromatic N) is 4. The quantitative estimate of drug-likeness (QED) is 0.755. The van der Waals surface area contributed by atoms with Gasteiger partial charge in [-0.2, -0.15) is 0 Å². The highest BCUT2D eigenvalue weighted by molar-refractivity contribution is 5.93. The molecule has 0 unspecified atom stereocenters. The molecule has 1 saturated heterocycles. The number of aromatic nitrogens is 2. The first-order valence-electron chi connectivity index (χ1n) is 7.27. The topological polar surface area (TPSA) is 61.4 Å². The van der Waals surface area contributed by atoms with Crippen molar-refractivity contribution in [2.75, 3.05) is 45.8 Å². The number of piperazine rings is 1. The van der Waals surface area contributed by atoms with Crippen LogP contribution in [0.3, 0.4) is 0 Å². The summed E-state index contributed by atoms with van der Waals surface area (Å²) in [5.41, 5.74) is 0.518. The highest BCUT2D eigenvalue weighted by Crippen LogP contribution is 2.01. The lowest BCUT2D eigenvalue weighted by Crippen LogP contribution is -2.46. The van der Waals surface area contributed by atoms with E-state index in [1.807, 2.05) is 0 Å². The average Bonchev–Trinajstić information content (AvgIpc) is 2.53. The van der Waals surface area contributed by atoms with Gasteiger partial charge in [0.25, 0.3) is 5.91 Å². The Bertz CT molecular complexity index is 403. The SMILES string of the molecule is CCN1CCN(CCCNC(=O)c2cncnc2)CC1. The number of nitrogens with one attached hydrogen (secondary N) is 1. The summed E-state index contributed by atoms with van der Waals surface area (Å²) in [7, 11) is 0. The molecule has 0 bridgehead atoms. The predicted molar refractivity (Wildman–Crippen MR) is 77.5 cm³/mol. The molecule has 1 N–H and O–H groups in total. The van der Waals surface area contributed by atoms with Crippen LogP contribution in [0.1, 0.15) is 23.7 Å². The summed E-state index contributed by atoms with van der Waals surface area (Å²) >= 11 is 0. The fraction of sp³-hybridized carbons (Fsp3) is 0.643. The minimum Gasteiger partial charge on any atom is -0.352 e. The molecule has 0 aromatic carbocycles. The third kappa shape index (κ3) is 4.54. The first kappa shape index (κ1) is 14.9. The lowest BCUT2D eigenvalue weighted by molar-refractivity contribution is 0.0947. The van der Waals surface area contributed by atoms with E-state index in [9.17, 15) is 4.79 Å². The van der Waals surface area contributed by atoms with Crippen molar-refractivity contribution >= 4 is 5.91 Å². The van der Waals surface area contributed by atoms with E-state index < -0.39 is 0 Å². The average molecular weight is 277 g/mol. The Balaban J connectivity index is 1.59. The molecule has 6 heteroatoms. The Labute approximate surface area is 120 Å². The number of carbonyl (C=O) groups excluding carboxylic acids is 1. The zero-order chi connectivity index (χ0) is 14.2. The zero-order valence-electron chi connectivity index (χ0n) is 12.1. The van der Waals surface area contributed by atoms with Crippen LogP contribution >= 0.6 is 0 Å². The van der Waals surface area contributed by atoms with Crippen LogP contribution in [0.2, 0.25) is 0 Å². The number of amides is 1. The van der Waals surface area contributed by atoms with Gasteiger partial charge in [0.1, 0.15) is 6.33 Å². The third-order valence-corrected chi connectivity index (χ3v) is 3.67. The lowest BCUT2D eigenvalue weighted by Gasteiger charge is -2.33. The zero-order valence-corrected chi connectivity index (χ0v) is 12.1. The first-order valence-corrected chi connectivity index (χ1v) is 7.27. The second-order valence-electron chi connectivity index (χ2n) is 5.01. The summed E-state index contributed by atoms with van der Waals surface area (Å²) in [6, 6.07) is 0. The molecule has 1 fully saturated rings. The molecule has 1 aromatic rings. The Morgan fingerprint density at radius 1 is 1.20 bits per heavy atom. The van der Waals surface area contributed by atoms with Crippen LogP contribution in [0, 0.1) is 0 Å². The maximum atomic E-state index is 11.8. The Morgan fingerprint density at radius 2 is 1.85 bits per heavy atom. The van der Waals surface area contributed by atoms with Gasteiger partial charge in [0.15, 0.2) is 0 Å². The summed E-state index contributed by atoms with van der Waals surface area (Å²) in [6.45, 7) is 9.67. The number of hydrogen-bond acceptors (Lipinski definition) is 5. The van der Waals surface area contributed by atoms with Gasteiger partial charge in [0.2, 0.25) is 0 Å². The summed E-state index contributed by atoms with van der Waals surface area (Å²) in [6.07, 6.45) is 5.47. The molecule has 1 aliphatic heterocycles. The smallest absolute Gasteiger partial charge is 0.254 e. The van der Waals surface area contributed by atoms with Crippen molar-refractivity contribution in [2.45, 2.75) is 13.3 Å². The van der Waals surface area contributed by atoms with E-state index in [4.69, 9.17) is 0 Å². The number of carbonyl (C=O) groups is 1. The number of likely N-dealkylation sites (N-methyl/N-ethyl adjacent to an activating group) is 1. The van der Waals surface area contributed by atoms with Gasteiger partial charge in [0, 0.05) is 45.1 Å². The Hall–Kier alpha value is -1.53. The first-order chi connectivity index (χ1) is 9.79. The van der Waals surface area contributed by atoms with Crippen LogP contribution in [0.4, 0.5) is 0 Å². The summed E-state index contributed by atoms with van der Waals surface area (Å²) in [5.74, 6) is -0.0959. The molecular formula is C14H23N5O. The molecule has 0 saturated carbocycles. The molecule has 1 amide bonds. The third-order valence-electron chi connectivity index (χ3n) is 3.67. The van der Waals surface area contributed by atoms with E-state index in [0.29, 0.717) is 12.1 Å². The minimum atomic E-state index is -0.0959. The predicted octanol–water partition coefficient (Wildman–Crippen LogP) is 0.234. The van der Waals surface area contributed by atoms with Crippen molar-refractivity contribution in [2.24, 2.45) is 0 Å². The van der Waals surface area contributed by atoms with Crippen LogP contribution < -0.4 is 5.32 Å². The van der Waals surface area contributed by atoms with Gasteiger partial charge in [0.05, 0.1) is 5.56 Å². The van der Waals surface area contributed by atoms with Crippen molar-refractivity contribution in [1.29, 1.82) is 0 Å². The largest absolute Gasteiger partial charge is 0.352 e. The Kier molecular flexibility index (Phi) is 5.88. The fourth-order valence-electron chi connectivity index (χ4n) is 2.35. The maximum absolute atomic E-state index is 11.8. The highest BCUT2D eigenvalue weighted by Gasteiger charge is 2.14. The van der Waals surface area contributed by atoms with Crippen LogP contribution in [-0.2, 0) is 0 Å². The van der Waals surface area contributed by atoms with E-state index in [1.54, 1.807) is 0 Å². The molecule has 1 aliphatic rings. The molecular weight excluding hydrogens is 254 g/mol. The standard InChI is InChI=1S/C14H23N5O/c1-2-18-6-8-19(9-7-18)5-3-4-17-14(20)13-10-15-12-16-11-13/h10-12H,2-9H2,1H3,(H,17,20). The van der Waals surface area contributed by atoms with Gasteiger partial charge in [-0.25, -0.2) is 9.97 Å². The normalized spacial score (nSPS) is 17.1. The maximum Gasteiger partial charge on any atom is 0.254 e. The Morgan fingerprint density at radius 3 is 2.50 bits per heavy atom. The van der Waals surface area contributed by atoms with Gasteiger partial charge in [-0.05, 0) is 19.5 Å². The van der Waals surface area contributed by atoms with Gasteiger partial charge < -0.3 is 15.1 Å². The molecule has 0 radical (unpaired) electrons. The van der Waals surface area contributed by atoms with E-state index in [0.717, 1.165) is 45.7 Å². The number of rotatable bonds is 6. The molecule has 0 spiro atoms. The monoisotopic (exact) mass is 277 g/mol. The van der Waals surface area contributed by atoms with Crippen molar-refractivity contribution in [1.82, 2.24) is 25.1 Å². The van der Waals surface area contributed by atoms with Crippen LogP contribution in [0.15, 0.2) is 18.7 Å². The van der Waals surface area contributed by atoms with Crippen molar-refractivity contribution in [3.63, 3.8) is 0 Å². The highest BCUT2D eigenvalue weighted by atomic mass is 16.1. The van der Waals surface area contributed by atoms with Gasteiger partial charge in [-0.3, -0.25) is 4.79 Å². The van der Waals surface area contributed by atoms with Crippen LogP contribution in [0.5, 0.6) is 0 Å². The van der Waals surface area contributed by atoms with Crippen molar-refractivity contribution < 1.29 is 4.79 Å². The second kappa shape index (κ2) is 7.91.